The molecule has 0 atom stereocenters. The Morgan fingerprint density at radius 1 is 1.47 bits per heavy atom. The van der Waals surface area contributed by atoms with Crippen LogP contribution in [-0.2, 0) is 6.54 Å². The zero-order valence-electron chi connectivity index (χ0n) is 9.01. The quantitative estimate of drug-likeness (QED) is 0.713. The van der Waals surface area contributed by atoms with E-state index in [1.165, 1.54) is 11.3 Å². The van der Waals surface area contributed by atoms with Gasteiger partial charge in [-0.2, -0.15) is 0 Å². The van der Waals surface area contributed by atoms with Crippen molar-refractivity contribution < 1.29 is 4.79 Å². The van der Waals surface area contributed by atoms with E-state index in [4.69, 9.17) is 11.5 Å². The number of thiazole rings is 1. The van der Waals surface area contributed by atoms with Gasteiger partial charge in [0.25, 0.3) is 5.91 Å². The summed E-state index contributed by atoms with van der Waals surface area (Å²) in [6, 6.07) is 5.06. The van der Waals surface area contributed by atoms with E-state index in [1.54, 1.807) is 24.4 Å². The third-order valence-electron chi connectivity index (χ3n) is 2.26. The van der Waals surface area contributed by atoms with E-state index in [9.17, 15) is 4.79 Å². The summed E-state index contributed by atoms with van der Waals surface area (Å²) in [4.78, 5) is 15.4. The highest BCUT2D eigenvalue weighted by atomic mass is 32.1. The number of nitrogens with two attached hydrogens (primary N) is 2. The number of nitrogens with one attached hydrogen (secondary N) is 1. The number of primary amides is 1. The first kappa shape index (κ1) is 11.4. The molecule has 6 heteroatoms. The minimum absolute atomic E-state index is 0.390. The van der Waals surface area contributed by atoms with E-state index in [0.29, 0.717) is 23.5 Å². The van der Waals surface area contributed by atoms with Gasteiger partial charge in [-0.05, 0) is 12.1 Å². The Morgan fingerprint density at radius 3 is 2.94 bits per heavy atom. The molecule has 88 valence electrons. The molecule has 5 N–H and O–H groups in total. The molecule has 2 aromatic rings. The number of anilines is 2. The lowest BCUT2D eigenvalue weighted by atomic mass is 10.1. The average Bonchev–Trinajstić information content (AvgIpc) is 2.80. The summed E-state index contributed by atoms with van der Waals surface area (Å²) in [7, 11) is 0. The van der Waals surface area contributed by atoms with Crippen LogP contribution in [0.15, 0.2) is 29.8 Å². The number of nitrogens with zero attached hydrogens (tertiary/aromatic N) is 1. The molecular weight excluding hydrogens is 236 g/mol. The number of para-hydroxylation sites is 1. The highest BCUT2D eigenvalue weighted by Gasteiger charge is 2.10. The van der Waals surface area contributed by atoms with E-state index >= 15 is 0 Å². The maximum absolute atomic E-state index is 11.2. The van der Waals surface area contributed by atoms with Gasteiger partial charge in [0.2, 0.25) is 0 Å². The molecule has 0 bridgehead atoms. The van der Waals surface area contributed by atoms with Crippen LogP contribution in [0.1, 0.15) is 15.4 Å². The third kappa shape index (κ3) is 2.54. The summed E-state index contributed by atoms with van der Waals surface area (Å²) in [5, 5.41) is 5.90. The zero-order valence-corrected chi connectivity index (χ0v) is 9.83. The molecule has 0 saturated heterocycles. The van der Waals surface area contributed by atoms with Crippen LogP contribution >= 0.6 is 11.3 Å². The second-order valence-electron chi connectivity index (χ2n) is 3.41. The molecule has 1 heterocycles. The molecule has 17 heavy (non-hydrogen) atoms. The number of hydrogen-bond donors (Lipinski definition) is 3. The summed E-state index contributed by atoms with van der Waals surface area (Å²) in [5.74, 6) is -0.501. The standard InChI is InChI=1S/C11H12N4OS/c12-8-3-1-2-7(11(13)16)10(8)15-6-9-14-4-5-17-9/h1-5,15H,6,12H2,(H2,13,16). The van der Waals surface area contributed by atoms with Crippen molar-refractivity contribution in [2.45, 2.75) is 6.54 Å². The fraction of sp³-hybridized carbons (Fsp3) is 0.0909. The van der Waals surface area contributed by atoms with Gasteiger partial charge in [0, 0.05) is 11.6 Å². The molecule has 2 rings (SSSR count). The monoisotopic (exact) mass is 248 g/mol. The zero-order chi connectivity index (χ0) is 12.3. The van der Waals surface area contributed by atoms with Crippen LogP contribution in [0.25, 0.3) is 0 Å². The molecule has 0 saturated carbocycles. The summed E-state index contributed by atoms with van der Waals surface area (Å²) in [5.41, 5.74) is 12.5. The van der Waals surface area contributed by atoms with Gasteiger partial charge in [-0.25, -0.2) is 4.98 Å². The molecule has 0 aliphatic rings. The first-order chi connectivity index (χ1) is 8.18. The van der Waals surface area contributed by atoms with Crippen molar-refractivity contribution in [2.75, 3.05) is 11.1 Å². The van der Waals surface area contributed by atoms with Crippen molar-refractivity contribution in [1.29, 1.82) is 0 Å². The van der Waals surface area contributed by atoms with Crippen LogP contribution in [0.5, 0.6) is 0 Å². The number of carbonyl (C=O) groups is 1. The Kier molecular flexibility index (Phi) is 3.24. The van der Waals surface area contributed by atoms with Crippen molar-refractivity contribution in [3.8, 4) is 0 Å². The van der Waals surface area contributed by atoms with Crippen LogP contribution < -0.4 is 16.8 Å². The Morgan fingerprint density at radius 2 is 2.29 bits per heavy atom. The minimum atomic E-state index is -0.501. The largest absolute Gasteiger partial charge is 0.397 e. The smallest absolute Gasteiger partial charge is 0.250 e. The van der Waals surface area contributed by atoms with Crippen molar-refractivity contribution in [3.05, 3.63) is 40.3 Å². The molecule has 0 spiro atoms. The SMILES string of the molecule is NC(=O)c1cccc(N)c1NCc1nccs1. The topological polar surface area (TPSA) is 94.0 Å². The van der Waals surface area contributed by atoms with E-state index in [-0.39, 0.29) is 0 Å². The minimum Gasteiger partial charge on any atom is -0.397 e. The second kappa shape index (κ2) is 4.84. The van der Waals surface area contributed by atoms with Crippen LogP contribution in [0.2, 0.25) is 0 Å². The van der Waals surface area contributed by atoms with E-state index in [2.05, 4.69) is 10.3 Å². The molecule has 1 amide bonds. The van der Waals surface area contributed by atoms with Crippen molar-refractivity contribution >= 4 is 28.6 Å². The number of rotatable bonds is 4. The molecule has 0 unspecified atom stereocenters. The lowest BCUT2D eigenvalue weighted by Gasteiger charge is -2.11. The number of benzene rings is 1. The summed E-state index contributed by atoms with van der Waals surface area (Å²) >= 11 is 1.53. The van der Waals surface area contributed by atoms with Crippen molar-refractivity contribution in [3.63, 3.8) is 0 Å². The lowest BCUT2D eigenvalue weighted by Crippen LogP contribution is -2.15. The van der Waals surface area contributed by atoms with Gasteiger partial charge in [-0.3, -0.25) is 4.79 Å². The fourth-order valence-corrected chi connectivity index (χ4v) is 2.03. The summed E-state index contributed by atoms with van der Waals surface area (Å²) in [6.45, 7) is 0.520. The van der Waals surface area contributed by atoms with E-state index in [1.807, 2.05) is 5.38 Å². The number of aromatic nitrogens is 1. The van der Waals surface area contributed by atoms with Gasteiger partial charge >= 0.3 is 0 Å². The van der Waals surface area contributed by atoms with Crippen molar-refractivity contribution in [1.82, 2.24) is 4.98 Å². The number of carbonyl (C=O) groups excluding carboxylic acids is 1. The molecule has 0 radical (unpaired) electrons. The Bertz CT molecular complexity index is 524. The number of nitrogen functional groups attached to an aromatic ring is 1. The molecule has 0 aliphatic carbocycles. The van der Waals surface area contributed by atoms with Gasteiger partial charge in [0.15, 0.2) is 0 Å². The number of amides is 1. The predicted octanol–water partition coefficient (Wildman–Crippen LogP) is 1.44. The highest BCUT2D eigenvalue weighted by molar-refractivity contribution is 7.09. The fourth-order valence-electron chi connectivity index (χ4n) is 1.48. The van der Waals surface area contributed by atoms with Gasteiger partial charge in [0.05, 0.1) is 23.5 Å². The first-order valence-electron chi connectivity index (χ1n) is 4.99. The number of hydrogen-bond acceptors (Lipinski definition) is 5. The second-order valence-corrected chi connectivity index (χ2v) is 4.39. The lowest BCUT2D eigenvalue weighted by molar-refractivity contribution is 0.100. The Balaban J connectivity index is 2.22. The molecule has 0 aliphatic heterocycles. The maximum Gasteiger partial charge on any atom is 0.250 e. The van der Waals surface area contributed by atoms with E-state index in [0.717, 1.165) is 5.01 Å². The summed E-state index contributed by atoms with van der Waals surface area (Å²) < 4.78 is 0. The molecule has 5 nitrogen and oxygen atoms in total. The third-order valence-corrected chi connectivity index (χ3v) is 3.04. The molecular formula is C11H12N4OS. The van der Waals surface area contributed by atoms with Gasteiger partial charge in [0.1, 0.15) is 5.01 Å². The maximum atomic E-state index is 11.2. The van der Waals surface area contributed by atoms with Crippen molar-refractivity contribution in [2.24, 2.45) is 5.73 Å². The Labute approximate surface area is 102 Å². The van der Waals surface area contributed by atoms with Crippen LogP contribution in [0.4, 0.5) is 11.4 Å². The first-order valence-corrected chi connectivity index (χ1v) is 5.87. The average molecular weight is 248 g/mol. The molecule has 1 aromatic carbocycles. The van der Waals surface area contributed by atoms with Gasteiger partial charge in [-0.1, -0.05) is 6.07 Å². The van der Waals surface area contributed by atoms with Crippen LogP contribution in [0.3, 0.4) is 0 Å². The van der Waals surface area contributed by atoms with Crippen LogP contribution in [0, 0.1) is 0 Å². The van der Waals surface area contributed by atoms with Crippen LogP contribution in [-0.4, -0.2) is 10.9 Å². The normalized spacial score (nSPS) is 10.1. The highest BCUT2D eigenvalue weighted by Crippen LogP contribution is 2.23. The Hall–Kier alpha value is -2.08. The summed E-state index contributed by atoms with van der Waals surface area (Å²) in [6.07, 6.45) is 1.73. The van der Waals surface area contributed by atoms with E-state index < -0.39 is 5.91 Å². The molecule has 0 fully saturated rings. The molecule has 1 aromatic heterocycles. The predicted molar refractivity (Wildman–Crippen MR) is 68.8 cm³/mol. The van der Waals surface area contributed by atoms with Gasteiger partial charge < -0.3 is 16.8 Å². The van der Waals surface area contributed by atoms with Gasteiger partial charge in [-0.15, -0.1) is 11.3 Å².